The van der Waals surface area contributed by atoms with Gasteiger partial charge in [0, 0.05) is 18.6 Å². The molecule has 1 N–H and O–H groups in total. The molecule has 0 bridgehead atoms. The topological polar surface area (TPSA) is 50.2 Å². The Kier molecular flexibility index (Phi) is 4.91. The Bertz CT molecular complexity index is 877. The summed E-state index contributed by atoms with van der Waals surface area (Å²) >= 11 is 0. The van der Waals surface area contributed by atoms with Crippen LogP contribution in [0, 0.1) is 6.92 Å². The van der Waals surface area contributed by atoms with E-state index in [4.69, 9.17) is 0 Å². The highest BCUT2D eigenvalue weighted by molar-refractivity contribution is 5.95. The van der Waals surface area contributed by atoms with Crippen molar-refractivity contribution in [3.63, 3.8) is 0 Å². The molecule has 1 aromatic heterocycles. The van der Waals surface area contributed by atoms with Gasteiger partial charge in [0.25, 0.3) is 5.91 Å². The maximum atomic E-state index is 13.0. The van der Waals surface area contributed by atoms with Gasteiger partial charge in [-0.2, -0.15) is 18.3 Å². The summed E-state index contributed by atoms with van der Waals surface area (Å²) in [4.78, 5) is 15.2. The zero-order valence-electron chi connectivity index (χ0n) is 15.7. The number of hydrogen-bond donors (Lipinski definition) is 1. The van der Waals surface area contributed by atoms with Crippen molar-refractivity contribution in [2.24, 2.45) is 0 Å². The van der Waals surface area contributed by atoms with E-state index in [0.29, 0.717) is 17.3 Å². The van der Waals surface area contributed by atoms with Gasteiger partial charge in [0.05, 0.1) is 28.7 Å². The minimum absolute atomic E-state index is 0.115. The zero-order chi connectivity index (χ0) is 19.9. The molecule has 2 saturated heterocycles. The number of carbonyl (C=O) groups is 1. The van der Waals surface area contributed by atoms with Gasteiger partial charge in [-0.15, -0.1) is 0 Å². The summed E-state index contributed by atoms with van der Waals surface area (Å²) < 4.78 is 40.3. The van der Waals surface area contributed by atoms with Crippen molar-refractivity contribution in [2.75, 3.05) is 13.1 Å². The molecule has 0 saturated carbocycles. The maximum absolute atomic E-state index is 13.0. The second-order valence-electron chi connectivity index (χ2n) is 7.57. The van der Waals surface area contributed by atoms with Gasteiger partial charge >= 0.3 is 6.18 Å². The van der Waals surface area contributed by atoms with Crippen LogP contribution in [0.2, 0.25) is 0 Å². The SMILES string of the molecule is Cc1c(C(=O)NC2CCN3CCCCC23)cnn1-c1cccc(C(F)(F)F)c1. The third kappa shape index (κ3) is 3.53. The van der Waals surface area contributed by atoms with Crippen LogP contribution in [-0.4, -0.2) is 45.8 Å². The molecule has 2 aliphatic heterocycles. The van der Waals surface area contributed by atoms with Crippen LogP contribution in [-0.2, 0) is 6.18 Å². The van der Waals surface area contributed by atoms with Crippen molar-refractivity contribution < 1.29 is 18.0 Å². The molecule has 2 unspecified atom stereocenters. The summed E-state index contributed by atoms with van der Waals surface area (Å²) in [6, 6.07) is 5.45. The molecule has 1 amide bonds. The standard InChI is InChI=1S/C20H23F3N4O/c1-13-16(19(28)25-17-8-10-26-9-3-2-7-18(17)26)12-24-27(13)15-6-4-5-14(11-15)20(21,22)23/h4-6,11-12,17-18H,2-3,7-10H2,1H3,(H,25,28). The van der Waals surface area contributed by atoms with Gasteiger partial charge in [0.2, 0.25) is 0 Å². The Morgan fingerprint density at radius 3 is 2.82 bits per heavy atom. The van der Waals surface area contributed by atoms with Gasteiger partial charge < -0.3 is 5.32 Å². The van der Waals surface area contributed by atoms with E-state index in [9.17, 15) is 18.0 Å². The third-order valence-electron chi connectivity index (χ3n) is 5.84. The molecular formula is C20H23F3N4O. The van der Waals surface area contributed by atoms with Crippen molar-refractivity contribution >= 4 is 5.91 Å². The van der Waals surface area contributed by atoms with Crippen LogP contribution in [0.1, 0.15) is 47.3 Å². The molecule has 0 aliphatic carbocycles. The molecule has 0 radical (unpaired) electrons. The maximum Gasteiger partial charge on any atom is 0.416 e. The van der Waals surface area contributed by atoms with Crippen LogP contribution >= 0.6 is 0 Å². The Morgan fingerprint density at radius 1 is 1.21 bits per heavy atom. The number of carbonyl (C=O) groups excluding carboxylic acids is 1. The van der Waals surface area contributed by atoms with E-state index in [1.54, 1.807) is 13.0 Å². The monoisotopic (exact) mass is 392 g/mol. The number of halogens is 3. The van der Waals surface area contributed by atoms with Crippen molar-refractivity contribution in [3.05, 3.63) is 47.3 Å². The van der Waals surface area contributed by atoms with Crippen LogP contribution in [0.15, 0.2) is 30.5 Å². The summed E-state index contributed by atoms with van der Waals surface area (Å²) in [5, 5.41) is 7.29. The van der Waals surface area contributed by atoms with Gasteiger partial charge in [-0.3, -0.25) is 9.69 Å². The molecule has 3 heterocycles. The molecule has 150 valence electrons. The first-order chi connectivity index (χ1) is 13.3. The molecule has 0 spiro atoms. The highest BCUT2D eigenvalue weighted by Gasteiger charge is 2.36. The van der Waals surface area contributed by atoms with E-state index in [2.05, 4.69) is 15.3 Å². The number of piperidine rings is 1. The third-order valence-corrected chi connectivity index (χ3v) is 5.84. The van der Waals surface area contributed by atoms with E-state index < -0.39 is 11.7 Å². The van der Waals surface area contributed by atoms with Gasteiger partial charge in [0.1, 0.15) is 0 Å². The first-order valence-electron chi connectivity index (χ1n) is 9.62. The van der Waals surface area contributed by atoms with Crippen molar-refractivity contribution in [3.8, 4) is 5.69 Å². The Labute approximate surface area is 161 Å². The van der Waals surface area contributed by atoms with E-state index in [1.165, 1.54) is 29.8 Å². The fourth-order valence-electron chi connectivity index (χ4n) is 4.37. The molecule has 2 aliphatic rings. The smallest absolute Gasteiger partial charge is 0.348 e. The van der Waals surface area contributed by atoms with E-state index in [1.807, 2.05) is 0 Å². The number of nitrogens with zero attached hydrogens (tertiary/aromatic N) is 3. The fourth-order valence-corrected chi connectivity index (χ4v) is 4.37. The second kappa shape index (κ2) is 7.24. The molecule has 4 rings (SSSR count). The fraction of sp³-hybridized carbons (Fsp3) is 0.500. The summed E-state index contributed by atoms with van der Waals surface area (Å²) in [6.45, 7) is 3.78. The minimum atomic E-state index is -4.42. The first kappa shape index (κ1) is 19.0. The normalized spacial score (nSPS) is 22.9. The van der Waals surface area contributed by atoms with Gasteiger partial charge in [-0.1, -0.05) is 12.5 Å². The second-order valence-corrected chi connectivity index (χ2v) is 7.57. The van der Waals surface area contributed by atoms with Crippen LogP contribution in [0.25, 0.3) is 5.69 Å². The number of rotatable bonds is 3. The van der Waals surface area contributed by atoms with Crippen LogP contribution < -0.4 is 5.32 Å². The number of hydrogen-bond acceptors (Lipinski definition) is 3. The number of fused-ring (bicyclic) bond motifs is 1. The molecule has 2 atom stereocenters. The Hall–Kier alpha value is -2.35. The molecule has 28 heavy (non-hydrogen) atoms. The van der Waals surface area contributed by atoms with E-state index in [0.717, 1.165) is 38.1 Å². The molecule has 2 fully saturated rings. The lowest BCUT2D eigenvalue weighted by atomic mass is 9.99. The number of amides is 1. The number of alkyl halides is 3. The van der Waals surface area contributed by atoms with E-state index >= 15 is 0 Å². The van der Waals surface area contributed by atoms with Crippen molar-refractivity contribution in [1.29, 1.82) is 0 Å². The predicted octanol–water partition coefficient (Wildman–Crippen LogP) is 3.56. The molecule has 5 nitrogen and oxygen atoms in total. The molecule has 2 aromatic rings. The van der Waals surface area contributed by atoms with Crippen LogP contribution in [0.3, 0.4) is 0 Å². The van der Waals surface area contributed by atoms with Crippen molar-refractivity contribution in [2.45, 2.75) is 50.9 Å². The predicted molar refractivity (Wildman–Crippen MR) is 98.4 cm³/mol. The Balaban J connectivity index is 1.53. The molecule has 8 heteroatoms. The van der Waals surface area contributed by atoms with Gasteiger partial charge in [-0.05, 0) is 50.9 Å². The highest BCUT2D eigenvalue weighted by atomic mass is 19.4. The summed E-state index contributed by atoms with van der Waals surface area (Å²) in [5.74, 6) is -0.215. The Morgan fingerprint density at radius 2 is 2.04 bits per heavy atom. The first-order valence-corrected chi connectivity index (χ1v) is 9.62. The molecule has 1 aromatic carbocycles. The zero-order valence-corrected chi connectivity index (χ0v) is 15.7. The lowest BCUT2D eigenvalue weighted by Crippen LogP contribution is -2.46. The molecular weight excluding hydrogens is 369 g/mol. The number of benzene rings is 1. The van der Waals surface area contributed by atoms with Crippen molar-refractivity contribution in [1.82, 2.24) is 20.0 Å². The minimum Gasteiger partial charge on any atom is -0.348 e. The summed E-state index contributed by atoms with van der Waals surface area (Å²) in [5.41, 5.74) is 0.460. The quantitative estimate of drug-likeness (QED) is 0.869. The van der Waals surface area contributed by atoms with Crippen LogP contribution in [0.4, 0.5) is 13.2 Å². The average Bonchev–Trinajstić information content (AvgIpc) is 3.25. The highest BCUT2D eigenvalue weighted by Crippen LogP contribution is 2.31. The average molecular weight is 392 g/mol. The number of nitrogens with one attached hydrogen (secondary N) is 1. The number of aromatic nitrogens is 2. The van der Waals surface area contributed by atoms with Gasteiger partial charge in [-0.25, -0.2) is 4.68 Å². The lowest BCUT2D eigenvalue weighted by Gasteiger charge is -2.32. The van der Waals surface area contributed by atoms with Crippen LogP contribution in [0.5, 0.6) is 0 Å². The lowest BCUT2D eigenvalue weighted by molar-refractivity contribution is -0.137. The largest absolute Gasteiger partial charge is 0.416 e. The van der Waals surface area contributed by atoms with E-state index in [-0.39, 0.29) is 17.6 Å². The summed E-state index contributed by atoms with van der Waals surface area (Å²) in [6.07, 6.45) is 1.41. The summed E-state index contributed by atoms with van der Waals surface area (Å²) in [7, 11) is 0. The van der Waals surface area contributed by atoms with Gasteiger partial charge in [0.15, 0.2) is 0 Å².